The molecule has 1 amide bonds. The Kier molecular flexibility index (Phi) is 5.84. The Hall–Kier alpha value is -2.17. The third-order valence-electron chi connectivity index (χ3n) is 4.87. The molecule has 0 aromatic heterocycles. The molecule has 132 valence electrons. The molecule has 3 rings (SSSR count). The standard InChI is InChI=1S/C21H26N2O2/c1-16-7-9-18(10-8-16)20(23-11-2-3-12-23)14-22-21(25)19-6-4-5-17(13-19)15-24/h4-10,13,20,24H,2-3,11-12,14-15H2,1H3,(H,22,25)/t20-/m1/s1. The zero-order valence-electron chi connectivity index (χ0n) is 14.7. The van der Waals surface area contributed by atoms with Gasteiger partial charge in [0.05, 0.1) is 12.6 Å². The van der Waals surface area contributed by atoms with E-state index in [1.165, 1.54) is 24.0 Å². The monoisotopic (exact) mass is 338 g/mol. The first-order valence-electron chi connectivity index (χ1n) is 8.96. The predicted octanol–water partition coefficient (Wildman–Crippen LogP) is 3.05. The van der Waals surface area contributed by atoms with Gasteiger partial charge in [-0.25, -0.2) is 0 Å². The third kappa shape index (κ3) is 4.47. The quantitative estimate of drug-likeness (QED) is 0.851. The topological polar surface area (TPSA) is 52.6 Å². The summed E-state index contributed by atoms with van der Waals surface area (Å²) in [5.41, 5.74) is 3.84. The minimum absolute atomic E-state index is 0.0547. The fourth-order valence-electron chi connectivity index (χ4n) is 3.40. The van der Waals surface area contributed by atoms with E-state index in [1.807, 2.05) is 6.07 Å². The fraction of sp³-hybridized carbons (Fsp3) is 0.381. The van der Waals surface area contributed by atoms with Crippen molar-refractivity contribution in [2.24, 2.45) is 0 Å². The molecular weight excluding hydrogens is 312 g/mol. The van der Waals surface area contributed by atoms with Crippen molar-refractivity contribution in [1.29, 1.82) is 0 Å². The van der Waals surface area contributed by atoms with Crippen molar-refractivity contribution in [3.63, 3.8) is 0 Å². The van der Waals surface area contributed by atoms with Crippen LogP contribution in [0, 0.1) is 6.92 Å². The van der Waals surface area contributed by atoms with Crippen molar-refractivity contribution in [2.75, 3.05) is 19.6 Å². The average molecular weight is 338 g/mol. The minimum atomic E-state index is -0.0911. The Morgan fingerprint density at radius 3 is 2.56 bits per heavy atom. The molecule has 1 aliphatic rings. The molecule has 4 heteroatoms. The summed E-state index contributed by atoms with van der Waals surface area (Å²) in [7, 11) is 0. The van der Waals surface area contributed by atoms with Crippen molar-refractivity contribution in [3.05, 3.63) is 70.8 Å². The molecule has 2 aromatic rings. The highest BCUT2D eigenvalue weighted by Gasteiger charge is 2.24. The first-order chi connectivity index (χ1) is 12.2. The molecule has 0 aliphatic carbocycles. The van der Waals surface area contributed by atoms with Crippen molar-refractivity contribution in [2.45, 2.75) is 32.4 Å². The number of hydrogen-bond acceptors (Lipinski definition) is 3. The van der Waals surface area contributed by atoms with Gasteiger partial charge in [-0.3, -0.25) is 9.69 Å². The Morgan fingerprint density at radius 1 is 1.16 bits per heavy atom. The van der Waals surface area contributed by atoms with E-state index in [0.717, 1.165) is 18.7 Å². The lowest BCUT2D eigenvalue weighted by atomic mass is 10.0. The van der Waals surface area contributed by atoms with Crippen LogP contribution in [0.3, 0.4) is 0 Å². The van der Waals surface area contributed by atoms with E-state index in [2.05, 4.69) is 41.4 Å². The number of likely N-dealkylation sites (tertiary alicyclic amines) is 1. The molecule has 1 saturated heterocycles. The smallest absolute Gasteiger partial charge is 0.251 e. The fourth-order valence-corrected chi connectivity index (χ4v) is 3.40. The molecule has 0 saturated carbocycles. The summed E-state index contributed by atoms with van der Waals surface area (Å²) < 4.78 is 0. The summed E-state index contributed by atoms with van der Waals surface area (Å²) in [4.78, 5) is 15.0. The SMILES string of the molecule is Cc1ccc([C@@H](CNC(=O)c2cccc(CO)c2)N2CCCC2)cc1. The van der Waals surface area contributed by atoms with Gasteiger partial charge >= 0.3 is 0 Å². The van der Waals surface area contributed by atoms with E-state index in [4.69, 9.17) is 0 Å². The van der Waals surface area contributed by atoms with Gasteiger partial charge in [0.1, 0.15) is 0 Å². The molecule has 0 radical (unpaired) electrons. The van der Waals surface area contributed by atoms with Crippen LogP contribution in [0.2, 0.25) is 0 Å². The van der Waals surface area contributed by atoms with Crippen molar-refractivity contribution in [3.8, 4) is 0 Å². The molecule has 1 atom stereocenters. The van der Waals surface area contributed by atoms with E-state index in [0.29, 0.717) is 12.1 Å². The van der Waals surface area contributed by atoms with Crippen LogP contribution in [0.1, 0.15) is 45.9 Å². The largest absolute Gasteiger partial charge is 0.392 e. The number of aryl methyl sites for hydroxylation is 1. The molecule has 4 nitrogen and oxygen atoms in total. The van der Waals surface area contributed by atoms with Gasteiger partial charge < -0.3 is 10.4 Å². The number of hydrogen-bond donors (Lipinski definition) is 2. The number of carbonyl (C=O) groups excluding carboxylic acids is 1. The van der Waals surface area contributed by atoms with Crippen LogP contribution in [0.4, 0.5) is 0 Å². The number of nitrogens with zero attached hydrogens (tertiary/aromatic N) is 1. The van der Waals surface area contributed by atoms with Crippen molar-refractivity contribution >= 4 is 5.91 Å². The van der Waals surface area contributed by atoms with Crippen molar-refractivity contribution in [1.82, 2.24) is 10.2 Å². The molecule has 1 aliphatic heterocycles. The molecular formula is C21H26N2O2. The minimum Gasteiger partial charge on any atom is -0.392 e. The van der Waals surface area contributed by atoms with E-state index < -0.39 is 0 Å². The maximum Gasteiger partial charge on any atom is 0.251 e. The molecule has 2 N–H and O–H groups in total. The summed E-state index contributed by atoms with van der Waals surface area (Å²) >= 11 is 0. The summed E-state index contributed by atoms with van der Waals surface area (Å²) in [5.74, 6) is -0.0911. The summed E-state index contributed by atoms with van der Waals surface area (Å²) in [5, 5.41) is 12.3. The van der Waals surface area contributed by atoms with Gasteiger partial charge in [-0.15, -0.1) is 0 Å². The van der Waals surface area contributed by atoms with Crippen LogP contribution in [0.15, 0.2) is 48.5 Å². The van der Waals surface area contributed by atoms with E-state index >= 15 is 0 Å². The van der Waals surface area contributed by atoms with Crippen LogP contribution in [-0.2, 0) is 6.61 Å². The Morgan fingerprint density at radius 2 is 1.88 bits per heavy atom. The zero-order chi connectivity index (χ0) is 17.6. The molecule has 0 spiro atoms. The lowest BCUT2D eigenvalue weighted by molar-refractivity contribution is 0.0937. The summed E-state index contributed by atoms with van der Waals surface area (Å²) in [6, 6.07) is 15.9. The molecule has 2 aromatic carbocycles. The Balaban J connectivity index is 1.71. The Bertz CT molecular complexity index is 706. The number of benzene rings is 2. The molecule has 0 unspecified atom stereocenters. The number of nitrogens with one attached hydrogen (secondary N) is 1. The number of rotatable bonds is 6. The van der Waals surface area contributed by atoms with Gasteiger partial charge in [-0.2, -0.15) is 0 Å². The van der Waals surface area contributed by atoms with Gasteiger partial charge in [0.2, 0.25) is 0 Å². The van der Waals surface area contributed by atoms with Crippen LogP contribution in [0.5, 0.6) is 0 Å². The predicted molar refractivity (Wildman–Crippen MR) is 99.4 cm³/mol. The molecule has 1 heterocycles. The maximum absolute atomic E-state index is 12.5. The first-order valence-corrected chi connectivity index (χ1v) is 8.96. The van der Waals surface area contributed by atoms with Crippen LogP contribution >= 0.6 is 0 Å². The number of carbonyl (C=O) groups is 1. The van der Waals surface area contributed by atoms with E-state index in [1.54, 1.807) is 18.2 Å². The third-order valence-corrected chi connectivity index (χ3v) is 4.87. The van der Waals surface area contributed by atoms with Gasteiger partial charge in [0.15, 0.2) is 0 Å². The number of aliphatic hydroxyl groups is 1. The molecule has 1 fully saturated rings. The number of amides is 1. The van der Waals surface area contributed by atoms with Crippen molar-refractivity contribution < 1.29 is 9.90 Å². The highest BCUT2D eigenvalue weighted by atomic mass is 16.3. The second-order valence-corrected chi connectivity index (χ2v) is 6.74. The average Bonchev–Trinajstić information content (AvgIpc) is 3.17. The maximum atomic E-state index is 12.5. The highest BCUT2D eigenvalue weighted by molar-refractivity contribution is 5.94. The van der Waals surface area contributed by atoms with Gasteiger partial charge in [-0.05, 0) is 56.1 Å². The normalized spacial score (nSPS) is 15.9. The lowest BCUT2D eigenvalue weighted by Crippen LogP contribution is -2.36. The van der Waals surface area contributed by atoms with Crippen LogP contribution in [-0.4, -0.2) is 35.5 Å². The molecule has 0 bridgehead atoms. The van der Waals surface area contributed by atoms with Gasteiger partial charge in [0.25, 0.3) is 5.91 Å². The Labute approximate surface area is 149 Å². The second kappa shape index (κ2) is 8.28. The molecule has 25 heavy (non-hydrogen) atoms. The lowest BCUT2D eigenvalue weighted by Gasteiger charge is -2.28. The number of aliphatic hydroxyl groups excluding tert-OH is 1. The highest BCUT2D eigenvalue weighted by Crippen LogP contribution is 2.25. The first kappa shape index (κ1) is 17.6. The van der Waals surface area contributed by atoms with Gasteiger partial charge in [-0.1, -0.05) is 42.0 Å². The van der Waals surface area contributed by atoms with Crippen LogP contribution < -0.4 is 5.32 Å². The van der Waals surface area contributed by atoms with Crippen LogP contribution in [0.25, 0.3) is 0 Å². The van der Waals surface area contributed by atoms with E-state index in [-0.39, 0.29) is 18.6 Å². The van der Waals surface area contributed by atoms with Gasteiger partial charge in [0, 0.05) is 12.1 Å². The second-order valence-electron chi connectivity index (χ2n) is 6.74. The summed E-state index contributed by atoms with van der Waals surface area (Å²) in [6.07, 6.45) is 2.43. The van der Waals surface area contributed by atoms with E-state index in [9.17, 15) is 9.90 Å². The zero-order valence-corrected chi connectivity index (χ0v) is 14.7. The summed E-state index contributed by atoms with van der Waals surface area (Å²) in [6.45, 7) is 4.78.